The summed E-state index contributed by atoms with van der Waals surface area (Å²) in [5.74, 6) is 0. The number of halogens is 2. The van der Waals surface area contributed by atoms with Gasteiger partial charge in [-0.3, -0.25) is 0 Å². The number of carbonyl (C=O) groups is 1. The van der Waals surface area contributed by atoms with E-state index in [2.05, 4.69) is 5.73 Å². The van der Waals surface area contributed by atoms with Gasteiger partial charge in [0, 0.05) is 0 Å². The monoisotopic (exact) mass is 154 g/mol. The zero-order valence-corrected chi connectivity index (χ0v) is 5.05. The summed E-state index contributed by atoms with van der Waals surface area (Å²) in [6.45, 7) is -0.521. The summed E-state index contributed by atoms with van der Waals surface area (Å²) in [5, 5.41) is 10.2. The van der Waals surface area contributed by atoms with E-state index in [0.29, 0.717) is 0 Å². The third kappa shape index (κ3) is 4.02. The van der Waals surface area contributed by atoms with Gasteiger partial charge in [0.05, 0.1) is 6.54 Å². The van der Waals surface area contributed by atoms with Crippen LogP contribution in [-0.2, 0) is 0 Å². The van der Waals surface area contributed by atoms with Crippen molar-refractivity contribution < 1.29 is 18.7 Å². The van der Waals surface area contributed by atoms with Crippen molar-refractivity contribution in [2.75, 3.05) is 6.54 Å². The molecule has 0 aliphatic carbocycles. The zero-order valence-electron chi connectivity index (χ0n) is 5.05. The molecule has 60 valence electrons. The lowest BCUT2D eigenvalue weighted by Crippen LogP contribution is -2.38. The average Bonchev–Trinajstić information content (AvgIpc) is 1.82. The Morgan fingerprint density at radius 2 is 2.20 bits per heavy atom. The van der Waals surface area contributed by atoms with Gasteiger partial charge < -0.3 is 16.2 Å². The van der Waals surface area contributed by atoms with Crippen LogP contribution in [0.1, 0.15) is 0 Å². The topological polar surface area (TPSA) is 75.4 Å². The molecule has 0 radical (unpaired) electrons. The lowest BCUT2D eigenvalue weighted by molar-refractivity contribution is -0.00162. The van der Waals surface area contributed by atoms with Gasteiger partial charge in [-0.05, 0) is 0 Å². The summed E-state index contributed by atoms with van der Waals surface area (Å²) < 4.78 is 22.9. The molecule has 0 bridgehead atoms. The number of hydrogen-bond acceptors (Lipinski definition) is 2. The molecule has 0 aromatic heterocycles. The van der Waals surface area contributed by atoms with Crippen LogP contribution in [0.4, 0.5) is 13.6 Å². The minimum atomic E-state index is -2.85. The highest BCUT2D eigenvalue weighted by Crippen LogP contribution is 1.97. The number of aliphatic hydroxyl groups excluding tert-OH is 1. The van der Waals surface area contributed by atoms with Crippen molar-refractivity contribution in [3.63, 3.8) is 0 Å². The first kappa shape index (κ1) is 9.09. The third-order valence-electron chi connectivity index (χ3n) is 0.776. The molecule has 2 amide bonds. The fraction of sp³-hybridized carbons (Fsp3) is 0.750. The van der Waals surface area contributed by atoms with Crippen molar-refractivity contribution in [2.24, 2.45) is 5.73 Å². The van der Waals surface area contributed by atoms with E-state index in [1.807, 2.05) is 5.32 Å². The average molecular weight is 154 g/mol. The van der Waals surface area contributed by atoms with Crippen LogP contribution in [0.3, 0.4) is 0 Å². The molecule has 0 aliphatic heterocycles. The van der Waals surface area contributed by atoms with Crippen LogP contribution in [-0.4, -0.2) is 30.2 Å². The van der Waals surface area contributed by atoms with Gasteiger partial charge in [-0.2, -0.15) is 0 Å². The Kier molecular flexibility index (Phi) is 3.63. The second-order valence-corrected chi connectivity index (χ2v) is 1.65. The maximum atomic E-state index is 11.4. The largest absolute Gasteiger partial charge is 0.385 e. The number of alkyl halides is 2. The summed E-state index contributed by atoms with van der Waals surface area (Å²) in [5.41, 5.74) is 4.53. The van der Waals surface area contributed by atoms with E-state index in [0.717, 1.165) is 0 Å². The number of primary amides is 1. The highest BCUT2D eigenvalue weighted by Gasteiger charge is 2.16. The maximum absolute atomic E-state index is 11.4. The first-order chi connectivity index (χ1) is 4.54. The fourth-order valence-electron chi connectivity index (χ4n) is 0.294. The van der Waals surface area contributed by atoms with Gasteiger partial charge in [0.1, 0.15) is 6.10 Å². The molecule has 4 nitrogen and oxygen atoms in total. The van der Waals surface area contributed by atoms with E-state index in [-0.39, 0.29) is 0 Å². The van der Waals surface area contributed by atoms with Crippen molar-refractivity contribution in [1.29, 1.82) is 0 Å². The number of nitrogens with two attached hydrogens (primary N) is 1. The van der Waals surface area contributed by atoms with E-state index >= 15 is 0 Å². The van der Waals surface area contributed by atoms with E-state index in [9.17, 15) is 13.6 Å². The van der Waals surface area contributed by atoms with Crippen LogP contribution in [0.5, 0.6) is 0 Å². The number of urea groups is 1. The molecule has 0 spiro atoms. The van der Waals surface area contributed by atoms with Gasteiger partial charge in [-0.25, -0.2) is 13.6 Å². The van der Waals surface area contributed by atoms with Gasteiger partial charge in [0.15, 0.2) is 0 Å². The van der Waals surface area contributed by atoms with Gasteiger partial charge in [0.2, 0.25) is 0 Å². The molecule has 10 heavy (non-hydrogen) atoms. The van der Waals surface area contributed by atoms with Crippen molar-refractivity contribution in [2.45, 2.75) is 12.5 Å². The SMILES string of the molecule is NC(=O)NCC(O)C(F)F. The Labute approximate surface area is 56.0 Å². The first-order valence-electron chi connectivity index (χ1n) is 2.53. The Morgan fingerprint density at radius 3 is 2.50 bits per heavy atom. The number of aliphatic hydroxyl groups is 1. The summed E-state index contributed by atoms with van der Waals surface area (Å²) in [7, 11) is 0. The number of rotatable bonds is 3. The molecule has 6 heteroatoms. The smallest absolute Gasteiger partial charge is 0.312 e. The van der Waals surface area contributed by atoms with Crippen LogP contribution >= 0.6 is 0 Å². The van der Waals surface area contributed by atoms with Gasteiger partial charge in [-0.1, -0.05) is 0 Å². The minimum absolute atomic E-state index is 0.521. The fourth-order valence-corrected chi connectivity index (χ4v) is 0.294. The number of hydrogen-bond donors (Lipinski definition) is 3. The van der Waals surface area contributed by atoms with E-state index in [1.54, 1.807) is 0 Å². The van der Waals surface area contributed by atoms with Crippen LogP contribution in [0.25, 0.3) is 0 Å². The molecule has 0 aromatic carbocycles. The zero-order chi connectivity index (χ0) is 8.15. The lowest BCUT2D eigenvalue weighted by Gasteiger charge is -2.07. The van der Waals surface area contributed by atoms with Gasteiger partial charge in [0.25, 0.3) is 6.43 Å². The molecule has 0 saturated heterocycles. The Morgan fingerprint density at radius 1 is 1.70 bits per heavy atom. The summed E-state index contributed by atoms with van der Waals surface area (Å²) in [6, 6.07) is -0.931. The molecule has 1 unspecified atom stereocenters. The standard InChI is InChI=1S/C4H8F2N2O2/c5-3(6)2(9)1-8-4(7)10/h2-3,9H,1H2,(H3,7,8,10). The van der Waals surface area contributed by atoms with Crippen LogP contribution in [0.2, 0.25) is 0 Å². The predicted molar refractivity (Wildman–Crippen MR) is 29.6 cm³/mol. The van der Waals surface area contributed by atoms with Crippen molar-refractivity contribution in [3.8, 4) is 0 Å². The Bertz CT molecular complexity index is 120. The third-order valence-corrected chi connectivity index (χ3v) is 0.776. The molecular formula is C4H8F2N2O2. The van der Waals surface area contributed by atoms with Crippen molar-refractivity contribution >= 4 is 6.03 Å². The molecule has 0 rings (SSSR count). The maximum Gasteiger partial charge on any atom is 0.312 e. The summed E-state index contributed by atoms with van der Waals surface area (Å²) in [4.78, 5) is 9.88. The second kappa shape index (κ2) is 3.99. The Balaban J connectivity index is 3.39. The summed E-state index contributed by atoms with van der Waals surface area (Å²) >= 11 is 0. The van der Waals surface area contributed by atoms with Crippen LogP contribution in [0.15, 0.2) is 0 Å². The normalized spacial score (nSPS) is 13.2. The minimum Gasteiger partial charge on any atom is -0.385 e. The molecule has 0 aromatic rings. The Hall–Kier alpha value is -0.910. The molecule has 0 aliphatic rings. The molecule has 1 atom stereocenters. The lowest BCUT2D eigenvalue weighted by atomic mass is 10.4. The van der Waals surface area contributed by atoms with E-state index in [4.69, 9.17) is 5.11 Å². The van der Waals surface area contributed by atoms with Crippen LogP contribution in [0, 0.1) is 0 Å². The first-order valence-corrected chi connectivity index (χ1v) is 2.53. The predicted octanol–water partition coefficient (Wildman–Crippen LogP) is -0.719. The van der Waals surface area contributed by atoms with Crippen molar-refractivity contribution in [3.05, 3.63) is 0 Å². The quantitative estimate of drug-likeness (QED) is 0.501. The second-order valence-electron chi connectivity index (χ2n) is 1.65. The highest BCUT2D eigenvalue weighted by molar-refractivity contribution is 5.71. The number of nitrogens with one attached hydrogen (secondary N) is 1. The van der Waals surface area contributed by atoms with E-state index < -0.39 is 25.1 Å². The number of carbonyl (C=O) groups excluding carboxylic acids is 1. The van der Waals surface area contributed by atoms with E-state index in [1.165, 1.54) is 0 Å². The highest BCUT2D eigenvalue weighted by atomic mass is 19.3. The molecule has 0 heterocycles. The molecule has 0 saturated carbocycles. The number of amides is 2. The van der Waals surface area contributed by atoms with Gasteiger partial charge >= 0.3 is 6.03 Å². The van der Waals surface area contributed by atoms with Gasteiger partial charge in [-0.15, -0.1) is 0 Å². The molecule has 0 fully saturated rings. The molecular weight excluding hydrogens is 146 g/mol. The van der Waals surface area contributed by atoms with Crippen molar-refractivity contribution in [1.82, 2.24) is 5.32 Å². The molecule has 4 N–H and O–H groups in total. The summed E-state index contributed by atoms with van der Waals surface area (Å²) in [6.07, 6.45) is -4.70. The van der Waals surface area contributed by atoms with Crippen LogP contribution < -0.4 is 11.1 Å².